The van der Waals surface area contributed by atoms with E-state index in [0.29, 0.717) is 11.5 Å². The van der Waals surface area contributed by atoms with Gasteiger partial charge in [-0.15, -0.1) is 11.3 Å². The molecule has 0 fully saturated rings. The third kappa shape index (κ3) is 5.01. The number of aromatic nitrogens is 1. The Morgan fingerprint density at radius 2 is 1.64 bits per heavy atom. The molecule has 1 heterocycles. The summed E-state index contributed by atoms with van der Waals surface area (Å²) in [7, 11) is 3.19. The molecule has 0 atom stereocenters. The van der Waals surface area contributed by atoms with Crippen LogP contribution in [0.3, 0.4) is 0 Å². The fraction of sp³-hybridized carbons (Fsp3) is 0.120. The van der Waals surface area contributed by atoms with Crippen LogP contribution in [0, 0.1) is 11.6 Å². The first-order chi connectivity index (χ1) is 16.0. The summed E-state index contributed by atoms with van der Waals surface area (Å²) in [4.78, 5) is 16.9. The zero-order valence-electron chi connectivity index (χ0n) is 17.9. The van der Waals surface area contributed by atoms with Gasteiger partial charge in [0.15, 0.2) is 23.1 Å². The summed E-state index contributed by atoms with van der Waals surface area (Å²) in [6.07, 6.45) is 0. The minimum absolute atomic E-state index is 0.0657. The summed E-state index contributed by atoms with van der Waals surface area (Å²) in [5.74, 6) is -1.22. The molecule has 5 nitrogen and oxygen atoms in total. The monoisotopic (exact) mass is 466 g/mol. The Labute approximate surface area is 193 Å². The minimum atomic E-state index is -1.05. The van der Waals surface area contributed by atoms with E-state index in [-0.39, 0.29) is 12.1 Å². The molecule has 0 bridgehead atoms. The summed E-state index contributed by atoms with van der Waals surface area (Å²) < 4.78 is 37.0. The van der Waals surface area contributed by atoms with Crippen LogP contribution in [0.4, 0.5) is 8.78 Å². The number of methoxy groups -OCH3 is 2. The van der Waals surface area contributed by atoms with Crippen LogP contribution < -0.4 is 14.8 Å². The number of carbonyl (C=O) groups excluding carboxylic acids is 1. The highest BCUT2D eigenvalue weighted by atomic mass is 32.1. The van der Waals surface area contributed by atoms with Gasteiger partial charge < -0.3 is 14.8 Å². The third-order valence-electron chi connectivity index (χ3n) is 5.02. The highest BCUT2D eigenvalue weighted by Crippen LogP contribution is 2.34. The van der Waals surface area contributed by atoms with E-state index in [2.05, 4.69) is 5.32 Å². The van der Waals surface area contributed by atoms with Crippen molar-refractivity contribution in [2.45, 2.75) is 6.54 Å². The van der Waals surface area contributed by atoms with E-state index in [1.165, 1.54) is 17.4 Å². The lowest BCUT2D eigenvalue weighted by Gasteiger charge is -2.08. The van der Waals surface area contributed by atoms with Crippen molar-refractivity contribution < 1.29 is 23.0 Å². The molecular formula is C25H20F2N2O3S. The summed E-state index contributed by atoms with van der Waals surface area (Å²) in [6.45, 7) is 0.257. The lowest BCUT2D eigenvalue weighted by atomic mass is 10.1. The van der Waals surface area contributed by atoms with Gasteiger partial charge in [0.1, 0.15) is 5.01 Å². The first kappa shape index (κ1) is 22.4. The van der Waals surface area contributed by atoms with Crippen LogP contribution in [0.25, 0.3) is 21.8 Å². The Morgan fingerprint density at radius 3 is 2.33 bits per heavy atom. The Kier molecular flexibility index (Phi) is 6.65. The van der Waals surface area contributed by atoms with Crippen LogP contribution in [-0.4, -0.2) is 25.1 Å². The van der Waals surface area contributed by atoms with E-state index >= 15 is 0 Å². The van der Waals surface area contributed by atoms with E-state index in [0.717, 1.165) is 39.5 Å². The Balaban J connectivity index is 1.43. The van der Waals surface area contributed by atoms with E-state index < -0.39 is 17.5 Å². The smallest absolute Gasteiger partial charge is 0.251 e. The van der Waals surface area contributed by atoms with Crippen LogP contribution in [0.15, 0.2) is 66.0 Å². The number of carbonyl (C=O) groups is 1. The largest absolute Gasteiger partial charge is 0.493 e. The van der Waals surface area contributed by atoms with E-state index in [1.807, 2.05) is 47.8 Å². The van der Waals surface area contributed by atoms with Crippen molar-refractivity contribution >= 4 is 17.2 Å². The summed E-state index contributed by atoms with van der Waals surface area (Å²) >= 11 is 1.53. The van der Waals surface area contributed by atoms with Crippen molar-refractivity contribution in [2.75, 3.05) is 14.2 Å². The van der Waals surface area contributed by atoms with Gasteiger partial charge in [-0.1, -0.05) is 24.3 Å². The maximum Gasteiger partial charge on any atom is 0.251 e. The molecule has 33 heavy (non-hydrogen) atoms. The van der Waals surface area contributed by atoms with Crippen molar-refractivity contribution in [1.29, 1.82) is 0 Å². The second-order valence-electron chi connectivity index (χ2n) is 7.12. The molecule has 0 aliphatic heterocycles. The zero-order valence-corrected chi connectivity index (χ0v) is 18.7. The van der Waals surface area contributed by atoms with Gasteiger partial charge in [-0.3, -0.25) is 4.79 Å². The summed E-state index contributed by atoms with van der Waals surface area (Å²) in [6, 6.07) is 16.3. The zero-order chi connectivity index (χ0) is 23.4. The van der Waals surface area contributed by atoms with Gasteiger partial charge in [-0.05, 0) is 42.0 Å². The number of nitrogens with one attached hydrogen (secondary N) is 1. The molecule has 3 aromatic carbocycles. The van der Waals surface area contributed by atoms with Gasteiger partial charge in [0.25, 0.3) is 5.91 Å². The van der Waals surface area contributed by atoms with Gasteiger partial charge in [0, 0.05) is 28.6 Å². The molecule has 0 saturated heterocycles. The molecule has 0 unspecified atom stereocenters. The fourth-order valence-corrected chi connectivity index (χ4v) is 4.06. The van der Waals surface area contributed by atoms with Crippen LogP contribution in [0.5, 0.6) is 11.5 Å². The van der Waals surface area contributed by atoms with E-state index in [4.69, 9.17) is 14.5 Å². The molecule has 0 radical (unpaired) electrons. The topological polar surface area (TPSA) is 60.5 Å². The SMILES string of the molecule is COc1ccc(-c2csc(-c3ccc(CNC(=O)c4ccc(F)c(F)c4)cc3)n2)cc1OC. The number of ether oxygens (including phenoxy) is 2. The molecular weight excluding hydrogens is 446 g/mol. The molecule has 1 amide bonds. The number of amides is 1. The normalized spacial score (nSPS) is 10.7. The Bertz CT molecular complexity index is 1290. The van der Waals surface area contributed by atoms with Crippen LogP contribution >= 0.6 is 11.3 Å². The van der Waals surface area contributed by atoms with Crippen LogP contribution in [0.1, 0.15) is 15.9 Å². The molecule has 1 aromatic heterocycles. The molecule has 0 spiro atoms. The molecule has 0 aliphatic carbocycles. The second-order valence-corrected chi connectivity index (χ2v) is 7.97. The van der Waals surface area contributed by atoms with Crippen molar-refractivity contribution in [3.05, 3.63) is 88.8 Å². The number of rotatable bonds is 7. The predicted octanol–water partition coefficient (Wildman–Crippen LogP) is 5.70. The number of hydrogen-bond donors (Lipinski definition) is 1. The van der Waals surface area contributed by atoms with Gasteiger partial charge in [-0.25, -0.2) is 13.8 Å². The molecule has 4 rings (SSSR count). The number of thiazole rings is 1. The molecule has 8 heteroatoms. The first-order valence-electron chi connectivity index (χ1n) is 9.99. The standard InChI is InChI=1S/C25H20F2N2O3S/c1-31-22-10-8-17(12-23(22)32-2)21-14-33-25(29-21)16-5-3-15(4-6-16)13-28-24(30)18-7-9-19(26)20(27)11-18/h3-12,14H,13H2,1-2H3,(H,28,30). The molecule has 0 aliphatic rings. The van der Waals surface area contributed by atoms with Gasteiger partial charge in [0.2, 0.25) is 0 Å². The first-order valence-corrected chi connectivity index (χ1v) is 10.9. The van der Waals surface area contributed by atoms with E-state index in [9.17, 15) is 13.6 Å². The van der Waals surface area contributed by atoms with Crippen LogP contribution in [-0.2, 0) is 6.54 Å². The van der Waals surface area contributed by atoms with Crippen molar-refractivity contribution in [3.63, 3.8) is 0 Å². The van der Waals surface area contributed by atoms with Crippen molar-refractivity contribution in [1.82, 2.24) is 10.3 Å². The maximum atomic E-state index is 13.3. The van der Waals surface area contributed by atoms with Crippen molar-refractivity contribution in [3.8, 4) is 33.3 Å². The summed E-state index contributed by atoms with van der Waals surface area (Å²) in [5.41, 5.74) is 3.63. The highest BCUT2D eigenvalue weighted by Gasteiger charge is 2.12. The molecule has 0 saturated carbocycles. The number of nitrogens with zero attached hydrogens (tertiary/aromatic N) is 1. The maximum absolute atomic E-state index is 13.3. The van der Waals surface area contributed by atoms with Crippen LogP contribution in [0.2, 0.25) is 0 Å². The number of benzene rings is 3. The third-order valence-corrected chi connectivity index (χ3v) is 5.91. The minimum Gasteiger partial charge on any atom is -0.493 e. The van der Waals surface area contributed by atoms with E-state index in [1.54, 1.807) is 14.2 Å². The Hall–Kier alpha value is -3.78. The Morgan fingerprint density at radius 1 is 0.909 bits per heavy atom. The second kappa shape index (κ2) is 9.79. The average molecular weight is 467 g/mol. The fourth-order valence-electron chi connectivity index (χ4n) is 3.22. The highest BCUT2D eigenvalue weighted by molar-refractivity contribution is 7.13. The number of hydrogen-bond acceptors (Lipinski definition) is 5. The lowest BCUT2D eigenvalue weighted by molar-refractivity contribution is 0.0950. The lowest BCUT2D eigenvalue weighted by Crippen LogP contribution is -2.22. The van der Waals surface area contributed by atoms with Gasteiger partial charge >= 0.3 is 0 Å². The molecule has 4 aromatic rings. The quantitative estimate of drug-likeness (QED) is 0.379. The number of halogens is 2. The average Bonchev–Trinajstić information content (AvgIpc) is 3.34. The van der Waals surface area contributed by atoms with Crippen molar-refractivity contribution in [2.24, 2.45) is 0 Å². The summed E-state index contributed by atoms with van der Waals surface area (Å²) in [5, 5.41) is 5.54. The molecule has 168 valence electrons. The van der Waals surface area contributed by atoms with Gasteiger partial charge in [0.05, 0.1) is 19.9 Å². The predicted molar refractivity (Wildman–Crippen MR) is 124 cm³/mol. The molecule has 1 N–H and O–H groups in total. The van der Waals surface area contributed by atoms with Gasteiger partial charge in [-0.2, -0.15) is 0 Å².